The van der Waals surface area contributed by atoms with Gasteiger partial charge in [-0.2, -0.15) is 0 Å². The molecule has 1 saturated carbocycles. The van der Waals surface area contributed by atoms with Crippen LogP contribution < -0.4 is 11.1 Å². The van der Waals surface area contributed by atoms with E-state index in [1.54, 1.807) is 0 Å². The van der Waals surface area contributed by atoms with E-state index in [0.29, 0.717) is 11.8 Å². The summed E-state index contributed by atoms with van der Waals surface area (Å²) in [6, 6.07) is 4.00. The highest BCUT2D eigenvalue weighted by atomic mass is 15.0. The second kappa shape index (κ2) is 5.17. The number of aromatic nitrogens is 3. The SMILES string of the molecule is CNc1ccc2[nH]c(C3CCCCC3CN)nc2n1. The van der Waals surface area contributed by atoms with Gasteiger partial charge in [-0.25, -0.2) is 9.97 Å². The Morgan fingerprint density at radius 2 is 2.16 bits per heavy atom. The van der Waals surface area contributed by atoms with Gasteiger partial charge in [-0.05, 0) is 37.4 Å². The van der Waals surface area contributed by atoms with Crippen LogP contribution in [-0.4, -0.2) is 28.5 Å². The highest BCUT2D eigenvalue weighted by Gasteiger charge is 2.27. The lowest BCUT2D eigenvalue weighted by Crippen LogP contribution is -2.25. The van der Waals surface area contributed by atoms with Gasteiger partial charge in [0.25, 0.3) is 0 Å². The highest BCUT2D eigenvalue weighted by molar-refractivity contribution is 5.73. The fraction of sp³-hybridized carbons (Fsp3) is 0.571. The molecule has 2 aromatic rings. The smallest absolute Gasteiger partial charge is 0.179 e. The van der Waals surface area contributed by atoms with Crippen molar-refractivity contribution >= 4 is 17.0 Å². The fourth-order valence-corrected chi connectivity index (χ4v) is 3.08. The predicted molar refractivity (Wildman–Crippen MR) is 77.2 cm³/mol. The number of nitrogens with one attached hydrogen (secondary N) is 2. The maximum absolute atomic E-state index is 5.90. The van der Waals surface area contributed by atoms with Crippen molar-refractivity contribution in [3.05, 3.63) is 18.0 Å². The second-order valence-electron chi connectivity index (χ2n) is 5.33. The number of fused-ring (bicyclic) bond motifs is 1. The average molecular weight is 259 g/mol. The lowest BCUT2D eigenvalue weighted by atomic mass is 9.79. The molecule has 0 saturated heterocycles. The van der Waals surface area contributed by atoms with Crippen LogP contribution in [0, 0.1) is 5.92 Å². The van der Waals surface area contributed by atoms with Gasteiger partial charge < -0.3 is 16.0 Å². The summed E-state index contributed by atoms with van der Waals surface area (Å²) in [5, 5.41) is 3.04. The number of hydrogen-bond donors (Lipinski definition) is 3. The molecular formula is C14H21N5. The Morgan fingerprint density at radius 3 is 2.95 bits per heavy atom. The fourth-order valence-electron chi connectivity index (χ4n) is 3.08. The Labute approximate surface area is 113 Å². The van der Waals surface area contributed by atoms with Crippen molar-refractivity contribution in [2.45, 2.75) is 31.6 Å². The van der Waals surface area contributed by atoms with Crippen LogP contribution >= 0.6 is 0 Å². The normalized spacial score (nSPS) is 23.7. The highest BCUT2D eigenvalue weighted by Crippen LogP contribution is 2.36. The molecule has 2 unspecified atom stereocenters. The maximum atomic E-state index is 5.90. The summed E-state index contributed by atoms with van der Waals surface area (Å²) in [4.78, 5) is 12.6. The number of H-pyrrole nitrogens is 1. The minimum atomic E-state index is 0.464. The Kier molecular flexibility index (Phi) is 3.38. The first-order valence-electron chi connectivity index (χ1n) is 7.06. The van der Waals surface area contributed by atoms with E-state index in [9.17, 15) is 0 Å². The molecule has 0 aromatic carbocycles. The Morgan fingerprint density at radius 1 is 1.32 bits per heavy atom. The average Bonchev–Trinajstić information content (AvgIpc) is 2.89. The second-order valence-corrected chi connectivity index (χ2v) is 5.33. The summed E-state index contributed by atoms with van der Waals surface area (Å²) >= 11 is 0. The van der Waals surface area contributed by atoms with Crippen LogP contribution in [-0.2, 0) is 0 Å². The number of imidazole rings is 1. The van der Waals surface area contributed by atoms with E-state index >= 15 is 0 Å². The maximum Gasteiger partial charge on any atom is 0.179 e. The van der Waals surface area contributed by atoms with E-state index in [0.717, 1.165) is 29.4 Å². The molecule has 3 rings (SSSR count). The summed E-state index contributed by atoms with van der Waals surface area (Å²) in [7, 11) is 1.87. The van der Waals surface area contributed by atoms with Crippen LogP contribution in [0.4, 0.5) is 5.82 Å². The molecule has 0 aliphatic heterocycles. The van der Waals surface area contributed by atoms with Crippen LogP contribution in [0.25, 0.3) is 11.2 Å². The zero-order chi connectivity index (χ0) is 13.2. The van der Waals surface area contributed by atoms with Crippen LogP contribution in [0.2, 0.25) is 0 Å². The van der Waals surface area contributed by atoms with Crippen LogP contribution in [0.3, 0.4) is 0 Å². The molecule has 2 atom stereocenters. The topological polar surface area (TPSA) is 79.6 Å². The first kappa shape index (κ1) is 12.4. The van der Waals surface area contributed by atoms with Crippen LogP contribution in [0.5, 0.6) is 0 Å². The Bertz CT molecular complexity index is 562. The lowest BCUT2D eigenvalue weighted by Gasteiger charge is -2.28. The van der Waals surface area contributed by atoms with Crippen molar-refractivity contribution < 1.29 is 0 Å². The number of rotatable bonds is 3. The number of anilines is 1. The van der Waals surface area contributed by atoms with E-state index in [1.807, 2.05) is 19.2 Å². The first-order valence-corrected chi connectivity index (χ1v) is 7.06. The molecule has 5 heteroatoms. The molecule has 5 nitrogen and oxygen atoms in total. The van der Waals surface area contributed by atoms with E-state index < -0.39 is 0 Å². The minimum absolute atomic E-state index is 0.464. The van der Waals surface area contributed by atoms with Gasteiger partial charge in [0, 0.05) is 13.0 Å². The standard InChI is InChI=1S/C14H21N5/c1-16-12-7-6-11-14(18-12)19-13(17-11)10-5-3-2-4-9(10)8-15/h6-7,9-10H,2-5,8,15H2,1H3,(H2,16,17,18,19). The molecule has 0 amide bonds. The Hall–Kier alpha value is -1.62. The van der Waals surface area contributed by atoms with Crippen LogP contribution in [0.1, 0.15) is 37.4 Å². The van der Waals surface area contributed by atoms with E-state index in [4.69, 9.17) is 5.73 Å². The summed E-state index contributed by atoms with van der Waals surface area (Å²) < 4.78 is 0. The third-order valence-electron chi connectivity index (χ3n) is 4.18. The Balaban J connectivity index is 1.95. The molecule has 0 radical (unpaired) electrons. The van der Waals surface area contributed by atoms with Gasteiger partial charge in [-0.3, -0.25) is 0 Å². The zero-order valence-corrected chi connectivity index (χ0v) is 11.3. The van der Waals surface area contributed by atoms with Gasteiger partial charge >= 0.3 is 0 Å². The van der Waals surface area contributed by atoms with Crippen molar-refractivity contribution in [1.29, 1.82) is 0 Å². The largest absolute Gasteiger partial charge is 0.373 e. The van der Waals surface area contributed by atoms with Gasteiger partial charge in [0.05, 0.1) is 5.52 Å². The molecule has 102 valence electrons. The van der Waals surface area contributed by atoms with Crippen molar-refractivity contribution in [2.24, 2.45) is 11.7 Å². The molecule has 1 fully saturated rings. The molecular weight excluding hydrogens is 238 g/mol. The summed E-state index contributed by atoms with van der Waals surface area (Å²) in [5.41, 5.74) is 7.71. The van der Waals surface area contributed by atoms with Crippen molar-refractivity contribution in [2.75, 3.05) is 18.9 Å². The van der Waals surface area contributed by atoms with Crippen LogP contribution in [0.15, 0.2) is 12.1 Å². The minimum Gasteiger partial charge on any atom is -0.373 e. The van der Waals surface area contributed by atoms with Crippen molar-refractivity contribution in [1.82, 2.24) is 15.0 Å². The molecule has 2 aromatic heterocycles. The summed E-state index contributed by atoms with van der Waals surface area (Å²) in [6.45, 7) is 0.747. The number of aromatic amines is 1. The zero-order valence-electron chi connectivity index (χ0n) is 11.3. The van der Waals surface area contributed by atoms with E-state index in [-0.39, 0.29) is 0 Å². The van der Waals surface area contributed by atoms with Gasteiger partial charge in [-0.15, -0.1) is 0 Å². The third-order valence-corrected chi connectivity index (χ3v) is 4.18. The molecule has 0 bridgehead atoms. The van der Waals surface area contributed by atoms with Crippen molar-refractivity contribution in [3.8, 4) is 0 Å². The quantitative estimate of drug-likeness (QED) is 0.789. The van der Waals surface area contributed by atoms with E-state index in [1.165, 1.54) is 25.7 Å². The predicted octanol–water partition coefficient (Wildman–Crippen LogP) is 2.23. The molecule has 0 spiro atoms. The van der Waals surface area contributed by atoms with Gasteiger partial charge in [-0.1, -0.05) is 12.8 Å². The number of pyridine rings is 1. The summed E-state index contributed by atoms with van der Waals surface area (Å²) in [6.07, 6.45) is 4.96. The molecule has 2 heterocycles. The monoisotopic (exact) mass is 259 g/mol. The van der Waals surface area contributed by atoms with Gasteiger partial charge in [0.2, 0.25) is 0 Å². The number of nitrogens with two attached hydrogens (primary N) is 1. The lowest BCUT2D eigenvalue weighted by molar-refractivity contribution is 0.306. The van der Waals surface area contributed by atoms with E-state index in [2.05, 4.69) is 20.3 Å². The molecule has 4 N–H and O–H groups in total. The van der Waals surface area contributed by atoms with Crippen molar-refractivity contribution in [3.63, 3.8) is 0 Å². The number of hydrogen-bond acceptors (Lipinski definition) is 4. The summed E-state index contributed by atoms with van der Waals surface area (Å²) in [5.74, 6) is 2.93. The van der Waals surface area contributed by atoms with Gasteiger partial charge in [0.1, 0.15) is 11.6 Å². The number of nitrogens with zero attached hydrogens (tertiary/aromatic N) is 2. The first-order chi connectivity index (χ1) is 9.31. The molecule has 1 aliphatic carbocycles. The molecule has 19 heavy (non-hydrogen) atoms. The van der Waals surface area contributed by atoms with Gasteiger partial charge in [0.15, 0.2) is 5.65 Å². The molecule has 1 aliphatic rings. The third kappa shape index (κ3) is 2.30.